The van der Waals surface area contributed by atoms with Gasteiger partial charge in [-0.1, -0.05) is 24.3 Å². The van der Waals surface area contributed by atoms with E-state index in [0.717, 1.165) is 22.5 Å². The molecule has 0 atom stereocenters. The van der Waals surface area contributed by atoms with E-state index in [1.165, 1.54) is 0 Å². The molecule has 0 radical (unpaired) electrons. The molecule has 102 valence electrons. The third-order valence-corrected chi connectivity index (χ3v) is 3.16. The molecule has 0 aliphatic rings. The molecule has 21 heavy (non-hydrogen) atoms. The van der Waals surface area contributed by atoms with Crippen LogP contribution in [0, 0.1) is 11.3 Å². The molecule has 1 aromatic carbocycles. The first kappa shape index (κ1) is 12.9. The molecular formula is C16H13N5. The SMILES string of the molecule is N#Cc1ncccc1NCc1ccc(-c2ccn[nH]2)cc1. The van der Waals surface area contributed by atoms with Gasteiger partial charge in [0.2, 0.25) is 0 Å². The maximum Gasteiger partial charge on any atom is 0.163 e. The smallest absolute Gasteiger partial charge is 0.163 e. The van der Waals surface area contributed by atoms with Crippen molar-refractivity contribution >= 4 is 5.69 Å². The highest BCUT2D eigenvalue weighted by Gasteiger charge is 2.02. The summed E-state index contributed by atoms with van der Waals surface area (Å²) in [7, 11) is 0. The monoisotopic (exact) mass is 275 g/mol. The van der Waals surface area contributed by atoms with Gasteiger partial charge in [0.15, 0.2) is 5.69 Å². The number of aromatic nitrogens is 3. The number of nitrogens with zero attached hydrogens (tertiary/aromatic N) is 3. The van der Waals surface area contributed by atoms with E-state index < -0.39 is 0 Å². The Bertz CT molecular complexity index is 754. The predicted octanol–water partition coefficient (Wildman–Crippen LogP) is 2.96. The molecular weight excluding hydrogens is 262 g/mol. The number of anilines is 1. The van der Waals surface area contributed by atoms with E-state index in [1.54, 1.807) is 12.4 Å². The minimum atomic E-state index is 0.409. The van der Waals surface area contributed by atoms with Gasteiger partial charge in [0, 0.05) is 18.9 Å². The van der Waals surface area contributed by atoms with Gasteiger partial charge in [0.05, 0.1) is 11.4 Å². The van der Waals surface area contributed by atoms with Gasteiger partial charge in [-0.3, -0.25) is 5.10 Å². The van der Waals surface area contributed by atoms with E-state index in [4.69, 9.17) is 5.26 Å². The fourth-order valence-electron chi connectivity index (χ4n) is 2.05. The van der Waals surface area contributed by atoms with Gasteiger partial charge in [-0.15, -0.1) is 0 Å². The van der Waals surface area contributed by atoms with Crippen molar-refractivity contribution in [2.24, 2.45) is 0 Å². The van der Waals surface area contributed by atoms with E-state index >= 15 is 0 Å². The van der Waals surface area contributed by atoms with Crippen molar-refractivity contribution in [1.29, 1.82) is 5.26 Å². The highest BCUT2D eigenvalue weighted by Crippen LogP contribution is 2.18. The number of hydrogen-bond acceptors (Lipinski definition) is 4. The third-order valence-electron chi connectivity index (χ3n) is 3.16. The van der Waals surface area contributed by atoms with Crippen molar-refractivity contribution in [2.75, 3.05) is 5.32 Å². The van der Waals surface area contributed by atoms with E-state index in [2.05, 4.69) is 26.6 Å². The van der Waals surface area contributed by atoms with Crippen LogP contribution in [0.4, 0.5) is 5.69 Å². The average Bonchev–Trinajstić information content (AvgIpc) is 3.08. The topological polar surface area (TPSA) is 77.4 Å². The van der Waals surface area contributed by atoms with Crippen LogP contribution in [0.3, 0.4) is 0 Å². The summed E-state index contributed by atoms with van der Waals surface area (Å²) in [4.78, 5) is 4.02. The number of pyridine rings is 1. The summed E-state index contributed by atoms with van der Waals surface area (Å²) in [5.41, 5.74) is 4.37. The van der Waals surface area contributed by atoms with Crippen LogP contribution in [-0.4, -0.2) is 15.2 Å². The Morgan fingerprint density at radius 3 is 2.67 bits per heavy atom. The fraction of sp³-hybridized carbons (Fsp3) is 0.0625. The van der Waals surface area contributed by atoms with Gasteiger partial charge in [0.25, 0.3) is 0 Å². The first-order chi connectivity index (χ1) is 10.4. The summed E-state index contributed by atoms with van der Waals surface area (Å²) in [6, 6.07) is 15.8. The highest BCUT2D eigenvalue weighted by molar-refractivity contribution is 5.59. The Kier molecular flexibility index (Phi) is 3.61. The summed E-state index contributed by atoms with van der Waals surface area (Å²) < 4.78 is 0. The molecule has 5 heteroatoms. The van der Waals surface area contributed by atoms with Crippen LogP contribution in [0.2, 0.25) is 0 Å². The molecule has 0 aliphatic carbocycles. The average molecular weight is 275 g/mol. The number of H-pyrrole nitrogens is 1. The van der Waals surface area contributed by atoms with Crippen LogP contribution in [0.5, 0.6) is 0 Å². The molecule has 2 heterocycles. The molecule has 0 unspecified atom stereocenters. The Morgan fingerprint density at radius 2 is 1.95 bits per heavy atom. The van der Waals surface area contributed by atoms with Crippen LogP contribution < -0.4 is 5.32 Å². The van der Waals surface area contributed by atoms with Gasteiger partial charge in [-0.25, -0.2) is 4.98 Å². The second-order valence-corrected chi connectivity index (χ2v) is 4.53. The lowest BCUT2D eigenvalue weighted by Crippen LogP contribution is -2.02. The zero-order valence-corrected chi connectivity index (χ0v) is 11.2. The van der Waals surface area contributed by atoms with Crippen molar-refractivity contribution in [2.45, 2.75) is 6.54 Å². The minimum Gasteiger partial charge on any atom is -0.379 e. The summed E-state index contributed by atoms with van der Waals surface area (Å²) in [5.74, 6) is 0. The summed E-state index contributed by atoms with van der Waals surface area (Å²) >= 11 is 0. The zero-order chi connectivity index (χ0) is 14.5. The van der Waals surface area contributed by atoms with Gasteiger partial charge in [-0.05, 0) is 29.3 Å². The lowest BCUT2D eigenvalue weighted by Gasteiger charge is -2.08. The number of aromatic amines is 1. The summed E-state index contributed by atoms with van der Waals surface area (Å²) in [5, 5.41) is 19.1. The van der Waals surface area contributed by atoms with Crippen molar-refractivity contribution in [3.63, 3.8) is 0 Å². The highest BCUT2D eigenvalue weighted by atomic mass is 15.1. The van der Waals surface area contributed by atoms with Gasteiger partial charge in [-0.2, -0.15) is 10.4 Å². The maximum atomic E-state index is 9.00. The summed E-state index contributed by atoms with van der Waals surface area (Å²) in [6.07, 6.45) is 3.35. The Hall–Kier alpha value is -3.13. The van der Waals surface area contributed by atoms with Crippen molar-refractivity contribution in [1.82, 2.24) is 15.2 Å². The van der Waals surface area contributed by atoms with E-state index in [0.29, 0.717) is 12.2 Å². The van der Waals surface area contributed by atoms with E-state index in [9.17, 15) is 0 Å². The first-order valence-corrected chi connectivity index (χ1v) is 6.54. The second kappa shape index (κ2) is 5.88. The number of benzene rings is 1. The standard InChI is InChI=1S/C16H13N5/c17-10-16-15(2-1-8-18-16)19-11-12-3-5-13(6-4-12)14-7-9-20-21-14/h1-9,19H,11H2,(H,20,21). The third kappa shape index (κ3) is 2.90. The van der Waals surface area contributed by atoms with Crippen molar-refractivity contribution < 1.29 is 0 Å². The van der Waals surface area contributed by atoms with Gasteiger partial charge < -0.3 is 5.32 Å². The molecule has 0 saturated heterocycles. The Labute approximate surface area is 122 Å². The Morgan fingerprint density at radius 1 is 1.10 bits per heavy atom. The van der Waals surface area contributed by atoms with Gasteiger partial charge >= 0.3 is 0 Å². The Balaban J connectivity index is 1.70. The number of nitrogens with one attached hydrogen (secondary N) is 2. The molecule has 2 aromatic heterocycles. The quantitative estimate of drug-likeness (QED) is 0.767. The van der Waals surface area contributed by atoms with Crippen LogP contribution >= 0.6 is 0 Å². The number of rotatable bonds is 4. The summed E-state index contributed by atoms with van der Waals surface area (Å²) in [6.45, 7) is 0.642. The first-order valence-electron chi connectivity index (χ1n) is 6.54. The molecule has 0 aliphatic heterocycles. The molecule has 3 rings (SSSR count). The fourth-order valence-corrected chi connectivity index (χ4v) is 2.05. The zero-order valence-electron chi connectivity index (χ0n) is 11.2. The van der Waals surface area contributed by atoms with Gasteiger partial charge in [0.1, 0.15) is 6.07 Å². The number of hydrogen-bond donors (Lipinski definition) is 2. The molecule has 2 N–H and O–H groups in total. The maximum absolute atomic E-state index is 9.00. The molecule has 0 bridgehead atoms. The van der Waals surface area contributed by atoms with Crippen LogP contribution in [0.15, 0.2) is 54.9 Å². The lowest BCUT2D eigenvalue weighted by molar-refractivity contribution is 1.09. The normalized spacial score (nSPS) is 10.0. The van der Waals surface area contributed by atoms with Crippen LogP contribution in [-0.2, 0) is 6.54 Å². The van der Waals surface area contributed by atoms with E-state index in [1.807, 2.05) is 42.5 Å². The van der Waals surface area contributed by atoms with Crippen molar-refractivity contribution in [3.05, 3.63) is 66.1 Å². The lowest BCUT2D eigenvalue weighted by atomic mass is 10.1. The van der Waals surface area contributed by atoms with Crippen molar-refractivity contribution in [3.8, 4) is 17.3 Å². The van der Waals surface area contributed by atoms with E-state index in [-0.39, 0.29) is 0 Å². The number of nitriles is 1. The minimum absolute atomic E-state index is 0.409. The molecule has 0 spiro atoms. The predicted molar refractivity (Wildman–Crippen MR) is 80.3 cm³/mol. The second-order valence-electron chi connectivity index (χ2n) is 4.53. The molecule has 0 fully saturated rings. The molecule has 5 nitrogen and oxygen atoms in total. The van der Waals surface area contributed by atoms with Crippen LogP contribution in [0.25, 0.3) is 11.3 Å². The van der Waals surface area contributed by atoms with Crippen LogP contribution in [0.1, 0.15) is 11.3 Å². The molecule has 0 amide bonds. The molecule has 0 saturated carbocycles. The largest absolute Gasteiger partial charge is 0.379 e. The molecule has 3 aromatic rings.